The molecule has 2 amide bonds. The number of fused-ring (bicyclic) bond motifs is 2. The molecule has 2 unspecified atom stereocenters. The molecule has 0 bridgehead atoms. The number of H-pyrrole nitrogens is 1. The minimum absolute atomic E-state index is 0.0906. The molecule has 0 spiro atoms. The van der Waals surface area contributed by atoms with Gasteiger partial charge >= 0.3 is 11.8 Å². The van der Waals surface area contributed by atoms with Crippen molar-refractivity contribution >= 4 is 46.3 Å². The van der Waals surface area contributed by atoms with Crippen LogP contribution in [-0.2, 0) is 11.3 Å². The Morgan fingerprint density at radius 3 is 2.34 bits per heavy atom. The lowest BCUT2D eigenvalue weighted by Crippen LogP contribution is -2.35. The van der Waals surface area contributed by atoms with E-state index in [1.807, 2.05) is 0 Å². The van der Waals surface area contributed by atoms with Crippen LogP contribution in [0.4, 0.5) is 4.79 Å². The molecule has 0 saturated carbocycles. The molecule has 2 saturated heterocycles. The van der Waals surface area contributed by atoms with E-state index in [4.69, 9.17) is 32.4 Å². The Morgan fingerprint density at radius 1 is 1.00 bits per heavy atom. The van der Waals surface area contributed by atoms with Crippen LogP contribution in [0.3, 0.4) is 0 Å². The molecule has 32 heavy (non-hydrogen) atoms. The smallest absolute Gasteiger partial charge is 0.417 e. The first-order valence-corrected chi connectivity index (χ1v) is 10.9. The summed E-state index contributed by atoms with van der Waals surface area (Å²) in [7, 11) is 0. The maximum Gasteiger partial charge on any atom is 0.417 e. The van der Waals surface area contributed by atoms with E-state index in [-0.39, 0.29) is 30.4 Å². The van der Waals surface area contributed by atoms with Gasteiger partial charge < -0.3 is 19.0 Å². The number of nitrogens with zero attached hydrogens (tertiary/aromatic N) is 2. The highest BCUT2D eigenvalue weighted by Crippen LogP contribution is 2.32. The van der Waals surface area contributed by atoms with Crippen LogP contribution in [0, 0.1) is 11.8 Å². The van der Waals surface area contributed by atoms with Crippen molar-refractivity contribution in [1.29, 1.82) is 0 Å². The topological polar surface area (TPSA) is 95.9 Å². The predicted octanol–water partition coefficient (Wildman–Crippen LogP) is 3.77. The fraction of sp³-hybridized carbons (Fsp3) is 0.318. The number of hydrogen-bond donors (Lipinski definition) is 1. The quantitative estimate of drug-likeness (QED) is 0.621. The van der Waals surface area contributed by atoms with Crippen molar-refractivity contribution in [3.05, 3.63) is 68.1 Å². The molecular formula is C22H19Cl2N3O5. The summed E-state index contributed by atoms with van der Waals surface area (Å²) < 4.78 is 10.5. The summed E-state index contributed by atoms with van der Waals surface area (Å²) in [6.07, 6.45) is -0.388. The van der Waals surface area contributed by atoms with Crippen molar-refractivity contribution in [3.63, 3.8) is 0 Å². The third kappa shape index (κ3) is 4.08. The summed E-state index contributed by atoms with van der Waals surface area (Å²) in [6, 6.07) is 9.95. The summed E-state index contributed by atoms with van der Waals surface area (Å²) in [6.45, 7) is 2.29. The number of carbonyl (C=O) groups is 2. The van der Waals surface area contributed by atoms with E-state index in [0.29, 0.717) is 52.9 Å². The van der Waals surface area contributed by atoms with Crippen molar-refractivity contribution < 1.29 is 18.7 Å². The van der Waals surface area contributed by atoms with E-state index in [1.165, 1.54) is 0 Å². The van der Waals surface area contributed by atoms with Crippen LogP contribution in [0.25, 0.3) is 11.1 Å². The number of amides is 2. The molecule has 2 atom stereocenters. The standard InChI is InChI=1S/C22H19Cl2N3O5/c23-16-3-12(4-17(24)6-16)11-31-22(30)27-9-14-7-26(8-15(14)10-27)20(28)13-1-2-18-19(5-13)32-21(29)25-18/h1-6,14-15H,7-11H2,(H,25,29). The van der Waals surface area contributed by atoms with Gasteiger partial charge in [-0.2, -0.15) is 0 Å². The van der Waals surface area contributed by atoms with Gasteiger partial charge in [0.05, 0.1) is 5.52 Å². The van der Waals surface area contributed by atoms with E-state index >= 15 is 0 Å². The van der Waals surface area contributed by atoms with Gasteiger partial charge in [-0.3, -0.25) is 9.78 Å². The normalized spacial score (nSPS) is 20.1. The van der Waals surface area contributed by atoms with Gasteiger partial charge in [0.15, 0.2) is 5.58 Å². The zero-order valence-electron chi connectivity index (χ0n) is 16.8. The van der Waals surface area contributed by atoms with E-state index < -0.39 is 5.76 Å². The largest absolute Gasteiger partial charge is 0.445 e. The molecule has 2 aromatic carbocycles. The highest BCUT2D eigenvalue weighted by molar-refractivity contribution is 6.34. The fourth-order valence-corrected chi connectivity index (χ4v) is 5.07. The number of oxazole rings is 1. The second-order valence-corrected chi connectivity index (χ2v) is 9.07. The number of halogens is 2. The molecule has 1 aromatic heterocycles. The van der Waals surface area contributed by atoms with Gasteiger partial charge in [-0.25, -0.2) is 9.59 Å². The van der Waals surface area contributed by atoms with Crippen molar-refractivity contribution in [2.75, 3.05) is 26.2 Å². The molecule has 8 nitrogen and oxygen atoms in total. The molecule has 2 aliphatic heterocycles. The van der Waals surface area contributed by atoms with Gasteiger partial charge in [0, 0.05) is 53.6 Å². The number of likely N-dealkylation sites (tertiary alicyclic amines) is 2. The van der Waals surface area contributed by atoms with Crippen molar-refractivity contribution in [2.45, 2.75) is 6.61 Å². The minimum atomic E-state index is -0.550. The Bertz CT molecular complexity index is 1240. The number of ether oxygens (including phenoxy) is 1. The first kappa shape index (κ1) is 20.9. The molecule has 3 aromatic rings. The van der Waals surface area contributed by atoms with Crippen molar-refractivity contribution in [1.82, 2.24) is 14.8 Å². The van der Waals surface area contributed by atoms with Gasteiger partial charge in [0.1, 0.15) is 6.61 Å². The van der Waals surface area contributed by atoms with Gasteiger partial charge in [0.2, 0.25) is 0 Å². The first-order chi connectivity index (χ1) is 15.4. The van der Waals surface area contributed by atoms with Crippen LogP contribution in [0.15, 0.2) is 45.6 Å². The average molecular weight is 476 g/mol. The number of rotatable bonds is 3. The molecule has 5 rings (SSSR count). The maximum absolute atomic E-state index is 12.9. The molecule has 2 aliphatic rings. The molecule has 0 aliphatic carbocycles. The Hall–Kier alpha value is -2.97. The van der Waals surface area contributed by atoms with Crippen molar-refractivity contribution in [3.8, 4) is 0 Å². The van der Waals surface area contributed by atoms with Gasteiger partial charge in [0.25, 0.3) is 5.91 Å². The number of nitrogens with one attached hydrogen (secondary N) is 1. The van der Waals surface area contributed by atoms with Crippen LogP contribution in [-0.4, -0.2) is 53.0 Å². The lowest BCUT2D eigenvalue weighted by atomic mass is 10.0. The van der Waals surface area contributed by atoms with E-state index in [2.05, 4.69) is 4.98 Å². The highest BCUT2D eigenvalue weighted by atomic mass is 35.5. The molecular weight excluding hydrogens is 457 g/mol. The second-order valence-electron chi connectivity index (χ2n) is 8.19. The van der Waals surface area contributed by atoms with Crippen molar-refractivity contribution in [2.24, 2.45) is 11.8 Å². The maximum atomic E-state index is 12.9. The summed E-state index contributed by atoms with van der Waals surface area (Å²) in [4.78, 5) is 42.8. The van der Waals surface area contributed by atoms with E-state index in [1.54, 1.807) is 46.2 Å². The van der Waals surface area contributed by atoms with Crippen LogP contribution in [0.1, 0.15) is 15.9 Å². The third-order valence-corrected chi connectivity index (χ3v) is 6.42. The minimum Gasteiger partial charge on any atom is -0.445 e. The summed E-state index contributed by atoms with van der Waals surface area (Å²) in [5, 5.41) is 0.976. The lowest BCUT2D eigenvalue weighted by Gasteiger charge is -2.21. The third-order valence-electron chi connectivity index (χ3n) is 5.98. The second kappa shape index (κ2) is 8.18. The number of aromatic amines is 1. The van der Waals surface area contributed by atoms with Crippen LogP contribution in [0.2, 0.25) is 10.0 Å². The Kier molecular flexibility index (Phi) is 5.35. The highest BCUT2D eigenvalue weighted by Gasteiger charge is 2.43. The number of aromatic nitrogens is 1. The molecule has 2 fully saturated rings. The lowest BCUT2D eigenvalue weighted by molar-refractivity contribution is 0.0764. The SMILES string of the molecule is O=C(OCc1cc(Cl)cc(Cl)c1)N1CC2CN(C(=O)c3ccc4[nH]c(=O)oc4c3)CC2C1. The van der Waals surface area contributed by atoms with E-state index in [0.717, 1.165) is 5.56 Å². The van der Waals surface area contributed by atoms with Crippen LogP contribution >= 0.6 is 23.2 Å². The average Bonchev–Trinajstić information content (AvgIpc) is 3.42. The van der Waals surface area contributed by atoms with Gasteiger partial charge in [-0.15, -0.1) is 0 Å². The number of carbonyl (C=O) groups excluding carboxylic acids is 2. The molecule has 3 heterocycles. The predicted molar refractivity (Wildman–Crippen MR) is 118 cm³/mol. The summed E-state index contributed by atoms with van der Waals surface area (Å²) in [5.41, 5.74) is 2.10. The Labute approximate surface area is 192 Å². The van der Waals surface area contributed by atoms with Gasteiger partial charge in [-0.1, -0.05) is 23.2 Å². The molecule has 166 valence electrons. The molecule has 1 N–H and O–H groups in total. The van der Waals surface area contributed by atoms with E-state index in [9.17, 15) is 14.4 Å². The summed E-state index contributed by atoms with van der Waals surface area (Å²) >= 11 is 12.0. The zero-order valence-corrected chi connectivity index (χ0v) is 18.4. The van der Waals surface area contributed by atoms with Crippen LogP contribution in [0.5, 0.6) is 0 Å². The Morgan fingerprint density at radius 2 is 1.66 bits per heavy atom. The first-order valence-electron chi connectivity index (χ1n) is 10.1. The number of hydrogen-bond acceptors (Lipinski definition) is 5. The summed E-state index contributed by atoms with van der Waals surface area (Å²) in [5.74, 6) is -0.273. The zero-order chi connectivity index (χ0) is 22.4. The molecule has 0 radical (unpaired) electrons. The van der Waals surface area contributed by atoms with Gasteiger partial charge in [-0.05, 0) is 42.0 Å². The Balaban J connectivity index is 1.17. The number of benzene rings is 2. The fourth-order valence-electron chi connectivity index (χ4n) is 4.50. The molecule has 10 heteroatoms. The monoisotopic (exact) mass is 475 g/mol. The van der Waals surface area contributed by atoms with Crippen LogP contribution < -0.4 is 5.76 Å².